The minimum Gasteiger partial charge on any atom is -0.318 e. The van der Waals surface area contributed by atoms with Crippen LogP contribution in [0.1, 0.15) is 50.5 Å². The Morgan fingerprint density at radius 1 is 1.16 bits per heavy atom. The molecule has 0 saturated heterocycles. The zero-order valence-electron chi connectivity index (χ0n) is 18.1. The molecule has 1 aromatic carbocycles. The first-order valence-electron chi connectivity index (χ1n) is 10.8. The van der Waals surface area contributed by atoms with Crippen LogP contribution < -0.4 is 4.72 Å². The van der Waals surface area contributed by atoms with E-state index in [-0.39, 0.29) is 18.2 Å². The molecule has 9 heteroatoms. The van der Waals surface area contributed by atoms with Crippen LogP contribution in [0.15, 0.2) is 54.6 Å². The Morgan fingerprint density at radius 3 is 2.38 bits per heavy atom. The van der Waals surface area contributed by atoms with Crippen LogP contribution in [-0.4, -0.2) is 42.1 Å². The minimum absolute atomic E-state index is 0.0423. The fourth-order valence-electron chi connectivity index (χ4n) is 4.11. The third kappa shape index (κ3) is 5.34. The van der Waals surface area contributed by atoms with Crippen molar-refractivity contribution < 1.29 is 18.1 Å². The van der Waals surface area contributed by atoms with Gasteiger partial charge in [-0.15, -0.1) is 0 Å². The number of nitro benzene ring substituents is 1. The van der Waals surface area contributed by atoms with Gasteiger partial charge in [0.25, 0.3) is 5.69 Å². The number of amides is 1. The first-order valence-corrected chi connectivity index (χ1v) is 12.3. The van der Waals surface area contributed by atoms with Crippen molar-refractivity contribution in [3.63, 3.8) is 0 Å². The lowest BCUT2D eigenvalue weighted by molar-refractivity contribution is -0.384. The largest absolute Gasteiger partial charge is 0.318 e. The molecule has 0 aliphatic heterocycles. The molecule has 8 nitrogen and oxygen atoms in total. The number of nitrogens with one attached hydrogen (secondary N) is 1. The molecule has 0 aromatic heterocycles. The predicted molar refractivity (Wildman–Crippen MR) is 124 cm³/mol. The average Bonchev–Trinajstić information content (AvgIpc) is 3.05. The summed E-state index contributed by atoms with van der Waals surface area (Å²) in [7, 11) is -2.41. The molecule has 1 N–H and O–H groups in total. The van der Waals surface area contributed by atoms with Gasteiger partial charge in [0, 0.05) is 37.7 Å². The van der Waals surface area contributed by atoms with E-state index < -0.39 is 25.7 Å². The summed E-state index contributed by atoms with van der Waals surface area (Å²) < 4.78 is 29.9. The van der Waals surface area contributed by atoms with Crippen molar-refractivity contribution in [3.8, 4) is 0 Å². The fourth-order valence-corrected chi connectivity index (χ4v) is 6.01. The van der Waals surface area contributed by atoms with Gasteiger partial charge in [-0.1, -0.05) is 43.9 Å². The number of likely N-dealkylation sites (N-methyl/N-ethyl adjacent to an activating group) is 1. The van der Waals surface area contributed by atoms with Gasteiger partial charge < -0.3 is 4.90 Å². The number of sulfonamides is 1. The molecule has 0 bridgehead atoms. The van der Waals surface area contributed by atoms with Gasteiger partial charge in [-0.2, -0.15) is 0 Å². The highest BCUT2D eigenvalue weighted by Crippen LogP contribution is 2.32. The molecule has 0 heterocycles. The number of rotatable bonds is 7. The molecule has 1 amide bonds. The predicted octanol–water partition coefficient (Wildman–Crippen LogP) is 3.92. The van der Waals surface area contributed by atoms with Gasteiger partial charge in [0.05, 0.1) is 4.92 Å². The summed E-state index contributed by atoms with van der Waals surface area (Å²) in [5, 5.41) is 10.8. The lowest BCUT2D eigenvalue weighted by Crippen LogP contribution is -2.59. The van der Waals surface area contributed by atoms with Gasteiger partial charge in [-0.05, 0) is 42.7 Å². The maximum atomic E-state index is 13.5. The number of nitrogens with zero attached hydrogens (tertiary/aromatic N) is 2. The number of carbonyl (C=O) groups excluding carboxylic acids is 1. The second kappa shape index (κ2) is 10.2. The highest BCUT2D eigenvalue weighted by Gasteiger charge is 2.47. The number of carbonyl (C=O) groups is 1. The minimum atomic E-state index is -3.89. The van der Waals surface area contributed by atoms with Crippen molar-refractivity contribution in [2.24, 2.45) is 0 Å². The molecule has 1 unspecified atom stereocenters. The van der Waals surface area contributed by atoms with Crippen LogP contribution in [0.2, 0.25) is 0 Å². The molecular weight excluding hydrogens is 430 g/mol. The van der Waals surface area contributed by atoms with Crippen molar-refractivity contribution in [2.45, 2.75) is 55.9 Å². The summed E-state index contributed by atoms with van der Waals surface area (Å²) in [5.41, 5.74) is 0.560. The van der Waals surface area contributed by atoms with Crippen LogP contribution in [0.4, 0.5) is 5.69 Å². The smallest absolute Gasteiger partial charge is 0.269 e. The Bertz CT molecular complexity index is 1020. The molecule has 0 spiro atoms. The highest BCUT2D eigenvalue weighted by molar-refractivity contribution is 7.91. The van der Waals surface area contributed by atoms with Crippen LogP contribution in [0.25, 0.3) is 6.08 Å². The molecule has 0 radical (unpaired) electrons. The summed E-state index contributed by atoms with van der Waals surface area (Å²) >= 11 is 0. The lowest BCUT2D eigenvalue weighted by atomic mass is 10.1. The number of hydrogen-bond acceptors (Lipinski definition) is 5. The van der Waals surface area contributed by atoms with E-state index in [2.05, 4.69) is 4.72 Å². The Morgan fingerprint density at radius 2 is 1.81 bits per heavy atom. The normalized spacial score (nSPS) is 22.0. The molecule has 172 valence electrons. The fraction of sp³-hybridized carbons (Fsp3) is 0.435. The molecular formula is C23H29N3O5S. The number of benzene rings is 1. The van der Waals surface area contributed by atoms with Gasteiger partial charge in [-0.3, -0.25) is 14.9 Å². The van der Waals surface area contributed by atoms with Crippen molar-refractivity contribution in [3.05, 3.63) is 70.3 Å². The lowest BCUT2D eigenvalue weighted by Gasteiger charge is -2.39. The summed E-state index contributed by atoms with van der Waals surface area (Å²) in [6.07, 6.45) is 15.5. The summed E-state index contributed by atoms with van der Waals surface area (Å²) in [5.74, 6) is -0.477. The van der Waals surface area contributed by atoms with E-state index in [1.165, 1.54) is 48.4 Å². The molecule has 1 atom stereocenters. The molecule has 3 rings (SSSR count). The van der Waals surface area contributed by atoms with Gasteiger partial charge in [-0.25, -0.2) is 13.1 Å². The Labute approximate surface area is 188 Å². The van der Waals surface area contributed by atoms with E-state index in [4.69, 9.17) is 0 Å². The first kappa shape index (κ1) is 23.9. The third-order valence-corrected chi connectivity index (χ3v) is 8.23. The van der Waals surface area contributed by atoms with Gasteiger partial charge in [0.15, 0.2) is 4.87 Å². The SMILES string of the molecule is CN(C(=O)/C=C/c1ccc([N+](=O)[O-])cc1)C1(S(=O)(=O)NC2CCCCCC2)C=CC=CC1. The second-order valence-corrected chi connectivity index (χ2v) is 10.2. The molecule has 2 aliphatic carbocycles. The maximum Gasteiger partial charge on any atom is 0.269 e. The summed E-state index contributed by atoms with van der Waals surface area (Å²) in [6.45, 7) is 0. The van der Waals surface area contributed by atoms with Gasteiger partial charge >= 0.3 is 0 Å². The van der Waals surface area contributed by atoms with E-state index in [1.54, 1.807) is 24.3 Å². The Hall–Kier alpha value is -2.78. The van der Waals surface area contributed by atoms with Crippen molar-refractivity contribution in [1.29, 1.82) is 0 Å². The van der Waals surface area contributed by atoms with Crippen molar-refractivity contribution >= 4 is 27.7 Å². The number of hydrogen-bond donors (Lipinski definition) is 1. The van der Waals surface area contributed by atoms with Crippen LogP contribution in [0, 0.1) is 10.1 Å². The molecule has 1 saturated carbocycles. The Balaban J connectivity index is 1.80. The van der Waals surface area contributed by atoms with Crippen molar-refractivity contribution in [1.82, 2.24) is 9.62 Å². The number of allylic oxidation sites excluding steroid dienone is 2. The van der Waals surface area contributed by atoms with Gasteiger partial charge in [0.1, 0.15) is 0 Å². The zero-order valence-corrected chi connectivity index (χ0v) is 19.0. The summed E-state index contributed by atoms with van der Waals surface area (Å²) in [4.78, 5) is 23.0. The quantitative estimate of drug-likeness (QED) is 0.288. The molecule has 1 fully saturated rings. The van der Waals surface area contributed by atoms with E-state index in [9.17, 15) is 23.3 Å². The van der Waals surface area contributed by atoms with E-state index in [0.717, 1.165) is 38.5 Å². The number of nitro groups is 1. The van der Waals surface area contributed by atoms with Gasteiger partial charge in [0.2, 0.25) is 15.9 Å². The monoisotopic (exact) mass is 459 g/mol. The highest BCUT2D eigenvalue weighted by atomic mass is 32.2. The first-order chi connectivity index (χ1) is 15.2. The standard InChI is InChI=1S/C23H29N3O5S/c1-25(22(27)16-13-19-11-14-21(15-12-19)26(28)29)23(17-7-4-8-18-23)32(30,31)24-20-9-5-2-3-6-10-20/h4,7-8,11-17,20,24H,2-3,5-6,9-10,18H2,1H3/b16-13+. The van der Waals surface area contributed by atoms with Crippen LogP contribution in [0.3, 0.4) is 0 Å². The maximum absolute atomic E-state index is 13.5. The van der Waals surface area contributed by atoms with Crippen LogP contribution in [0.5, 0.6) is 0 Å². The van der Waals surface area contributed by atoms with Crippen molar-refractivity contribution in [2.75, 3.05) is 7.05 Å². The number of non-ortho nitro benzene ring substituents is 1. The third-order valence-electron chi connectivity index (χ3n) is 6.08. The van der Waals surface area contributed by atoms with Crippen LogP contribution in [-0.2, 0) is 14.8 Å². The second-order valence-electron chi connectivity index (χ2n) is 8.23. The van der Waals surface area contributed by atoms with Crippen LogP contribution >= 0.6 is 0 Å². The molecule has 1 aromatic rings. The molecule has 32 heavy (non-hydrogen) atoms. The van der Waals surface area contributed by atoms with E-state index in [1.807, 2.05) is 0 Å². The van der Waals surface area contributed by atoms with E-state index >= 15 is 0 Å². The Kier molecular flexibility index (Phi) is 7.63. The molecule has 2 aliphatic rings. The topological polar surface area (TPSA) is 110 Å². The van der Waals surface area contributed by atoms with E-state index in [0.29, 0.717) is 5.56 Å². The average molecular weight is 460 g/mol. The summed E-state index contributed by atoms with van der Waals surface area (Å²) in [6, 6.07) is 5.64. The zero-order chi connectivity index (χ0) is 23.2.